The van der Waals surface area contributed by atoms with E-state index in [0.717, 1.165) is 12.1 Å². The minimum absolute atomic E-state index is 0.201. The first kappa shape index (κ1) is 21.1. The maximum atomic E-state index is 12.7. The Hall–Kier alpha value is -3.23. The van der Waals surface area contributed by atoms with Gasteiger partial charge >= 0.3 is 12.1 Å². The average Bonchev–Trinajstić information content (AvgIpc) is 2.66. The summed E-state index contributed by atoms with van der Waals surface area (Å²) in [6.45, 7) is 1.70. The van der Waals surface area contributed by atoms with Gasteiger partial charge in [-0.15, -0.1) is 0 Å². The number of methoxy groups -OCH3 is 1. The van der Waals surface area contributed by atoms with E-state index in [2.05, 4.69) is 10.5 Å². The summed E-state index contributed by atoms with van der Waals surface area (Å²) in [6.07, 6.45) is -3.01. The molecule has 1 N–H and O–H groups in total. The fourth-order valence-electron chi connectivity index (χ4n) is 2.17. The smallest absolute Gasteiger partial charge is 0.416 e. The number of esters is 1. The second kappa shape index (κ2) is 9.63. The lowest BCUT2D eigenvalue weighted by Gasteiger charge is -2.11. The highest BCUT2D eigenvalue weighted by Gasteiger charge is 2.30. The van der Waals surface area contributed by atoms with E-state index in [1.54, 1.807) is 25.1 Å². The molecule has 0 spiro atoms. The molecule has 0 atom stereocenters. The third-order valence-electron chi connectivity index (χ3n) is 3.44. The number of carbonyl (C=O) groups is 1. The van der Waals surface area contributed by atoms with Crippen molar-refractivity contribution in [1.29, 1.82) is 0 Å². The van der Waals surface area contributed by atoms with Crippen molar-refractivity contribution in [2.45, 2.75) is 13.1 Å². The second-order valence-electron chi connectivity index (χ2n) is 5.45. The van der Waals surface area contributed by atoms with Gasteiger partial charge in [0, 0.05) is 0 Å². The van der Waals surface area contributed by atoms with Crippen LogP contribution in [0, 0.1) is 0 Å². The van der Waals surface area contributed by atoms with Crippen molar-refractivity contribution in [1.82, 2.24) is 0 Å². The number of ether oxygens (including phenoxy) is 3. The Morgan fingerprint density at radius 2 is 1.96 bits per heavy atom. The molecule has 0 aliphatic heterocycles. The number of anilines is 1. The summed E-state index contributed by atoms with van der Waals surface area (Å²) in [7, 11) is 1.44. The van der Waals surface area contributed by atoms with Crippen LogP contribution in [0.1, 0.15) is 18.1 Å². The molecule has 0 bridgehead atoms. The van der Waals surface area contributed by atoms with E-state index in [1.807, 2.05) is 0 Å². The van der Waals surface area contributed by atoms with Crippen molar-refractivity contribution in [2.24, 2.45) is 5.10 Å². The quantitative estimate of drug-likeness (QED) is 0.413. The van der Waals surface area contributed by atoms with Crippen molar-refractivity contribution in [2.75, 3.05) is 25.7 Å². The first-order valence-corrected chi connectivity index (χ1v) is 8.26. The molecule has 2 rings (SSSR count). The Labute approximate surface area is 159 Å². The number of hydrogen-bond acceptors (Lipinski definition) is 6. The number of hydrazone groups is 1. The van der Waals surface area contributed by atoms with Crippen LogP contribution < -0.4 is 14.9 Å². The molecule has 0 unspecified atom stereocenters. The molecule has 28 heavy (non-hydrogen) atoms. The Morgan fingerprint density at radius 1 is 1.18 bits per heavy atom. The van der Waals surface area contributed by atoms with Crippen LogP contribution >= 0.6 is 0 Å². The van der Waals surface area contributed by atoms with Crippen LogP contribution in [0.3, 0.4) is 0 Å². The third kappa shape index (κ3) is 6.19. The van der Waals surface area contributed by atoms with Gasteiger partial charge < -0.3 is 14.2 Å². The SMILES string of the molecule is CCOC(=O)COc1ccc(C=NNc2cccc(C(F)(F)F)c2)cc1OC. The Bertz CT molecular complexity index is 838. The lowest BCUT2D eigenvalue weighted by Crippen LogP contribution is -2.14. The number of carbonyl (C=O) groups excluding carboxylic acids is 1. The van der Waals surface area contributed by atoms with E-state index in [0.29, 0.717) is 17.1 Å². The highest BCUT2D eigenvalue weighted by Crippen LogP contribution is 2.31. The van der Waals surface area contributed by atoms with Crippen molar-refractivity contribution in [3.05, 3.63) is 53.6 Å². The predicted molar refractivity (Wildman–Crippen MR) is 97.8 cm³/mol. The summed E-state index contributed by atoms with van der Waals surface area (Å²) in [6, 6.07) is 9.56. The Kier molecular flexibility index (Phi) is 7.25. The normalized spacial score (nSPS) is 11.3. The van der Waals surface area contributed by atoms with Gasteiger partial charge in [-0.05, 0) is 48.9 Å². The first-order chi connectivity index (χ1) is 13.3. The maximum Gasteiger partial charge on any atom is 0.416 e. The van der Waals surface area contributed by atoms with Crippen LogP contribution in [0.4, 0.5) is 18.9 Å². The van der Waals surface area contributed by atoms with Crippen LogP contribution in [0.2, 0.25) is 0 Å². The van der Waals surface area contributed by atoms with Gasteiger partial charge in [-0.1, -0.05) is 6.07 Å². The molecule has 0 heterocycles. The van der Waals surface area contributed by atoms with E-state index >= 15 is 0 Å². The van der Waals surface area contributed by atoms with Crippen LogP contribution in [0.25, 0.3) is 0 Å². The zero-order chi connectivity index (χ0) is 20.6. The molecule has 9 heteroatoms. The fourth-order valence-corrected chi connectivity index (χ4v) is 2.17. The maximum absolute atomic E-state index is 12.7. The summed E-state index contributed by atoms with van der Waals surface area (Å²) in [5.74, 6) is 0.214. The number of rotatable bonds is 8. The van der Waals surface area contributed by atoms with Gasteiger partial charge in [-0.25, -0.2) is 4.79 Å². The average molecular weight is 396 g/mol. The highest BCUT2D eigenvalue weighted by molar-refractivity contribution is 5.81. The monoisotopic (exact) mass is 396 g/mol. The van der Waals surface area contributed by atoms with Crippen LogP contribution in [-0.2, 0) is 15.7 Å². The molecule has 0 aliphatic rings. The minimum Gasteiger partial charge on any atom is -0.493 e. The largest absolute Gasteiger partial charge is 0.493 e. The van der Waals surface area contributed by atoms with Gasteiger partial charge in [0.1, 0.15) is 0 Å². The summed E-state index contributed by atoms with van der Waals surface area (Å²) in [4.78, 5) is 11.4. The number of alkyl halides is 3. The van der Waals surface area contributed by atoms with E-state index in [-0.39, 0.29) is 18.9 Å². The standard InChI is InChI=1S/C19H19F3N2O4/c1-3-27-18(25)12-28-16-8-7-13(9-17(16)26-2)11-23-24-15-6-4-5-14(10-15)19(20,21)22/h4-11,24H,3,12H2,1-2H3. The molecule has 0 fully saturated rings. The third-order valence-corrected chi connectivity index (χ3v) is 3.44. The molecule has 0 aliphatic carbocycles. The van der Waals surface area contributed by atoms with E-state index in [9.17, 15) is 18.0 Å². The zero-order valence-corrected chi connectivity index (χ0v) is 15.2. The molecule has 0 radical (unpaired) electrons. The summed E-state index contributed by atoms with van der Waals surface area (Å²) in [5.41, 5.74) is 2.59. The lowest BCUT2D eigenvalue weighted by atomic mass is 10.2. The second-order valence-corrected chi connectivity index (χ2v) is 5.45. The highest BCUT2D eigenvalue weighted by atomic mass is 19.4. The van der Waals surface area contributed by atoms with Crippen molar-refractivity contribution >= 4 is 17.9 Å². The molecule has 0 saturated heterocycles. The summed E-state index contributed by atoms with van der Waals surface area (Å²) < 4.78 is 53.5. The van der Waals surface area contributed by atoms with Crippen molar-refractivity contribution in [3.8, 4) is 11.5 Å². The van der Waals surface area contributed by atoms with Crippen molar-refractivity contribution in [3.63, 3.8) is 0 Å². The number of benzene rings is 2. The molecule has 6 nitrogen and oxygen atoms in total. The van der Waals surface area contributed by atoms with Gasteiger partial charge in [-0.3, -0.25) is 5.43 Å². The van der Waals surface area contributed by atoms with E-state index < -0.39 is 17.7 Å². The number of nitrogens with one attached hydrogen (secondary N) is 1. The van der Waals surface area contributed by atoms with Gasteiger partial charge in [-0.2, -0.15) is 18.3 Å². The van der Waals surface area contributed by atoms with Crippen LogP contribution in [-0.4, -0.2) is 32.5 Å². The Balaban J connectivity index is 2.03. The molecule has 150 valence electrons. The van der Waals surface area contributed by atoms with Crippen LogP contribution in [0.5, 0.6) is 11.5 Å². The van der Waals surface area contributed by atoms with Gasteiger partial charge in [0.2, 0.25) is 0 Å². The predicted octanol–water partition coefficient (Wildman–Crippen LogP) is 4.10. The van der Waals surface area contributed by atoms with Gasteiger partial charge in [0.25, 0.3) is 0 Å². The van der Waals surface area contributed by atoms with E-state index in [1.165, 1.54) is 25.5 Å². The van der Waals surface area contributed by atoms with E-state index in [4.69, 9.17) is 14.2 Å². The molecule has 0 amide bonds. The lowest BCUT2D eigenvalue weighted by molar-refractivity contribution is -0.145. The number of hydrogen-bond donors (Lipinski definition) is 1. The van der Waals surface area contributed by atoms with Crippen molar-refractivity contribution < 1.29 is 32.2 Å². The van der Waals surface area contributed by atoms with Crippen LogP contribution in [0.15, 0.2) is 47.6 Å². The molecule has 0 aromatic heterocycles. The Morgan fingerprint density at radius 3 is 2.64 bits per heavy atom. The molecular weight excluding hydrogens is 377 g/mol. The minimum atomic E-state index is -4.42. The molecular formula is C19H19F3N2O4. The topological polar surface area (TPSA) is 69.2 Å². The molecule has 2 aromatic rings. The fraction of sp³-hybridized carbons (Fsp3) is 0.263. The first-order valence-electron chi connectivity index (χ1n) is 8.26. The summed E-state index contributed by atoms with van der Waals surface area (Å²) in [5, 5.41) is 3.93. The number of halogens is 3. The number of nitrogens with zero attached hydrogens (tertiary/aromatic N) is 1. The van der Waals surface area contributed by atoms with Gasteiger partial charge in [0.15, 0.2) is 18.1 Å². The molecule has 0 saturated carbocycles. The molecule has 2 aromatic carbocycles. The summed E-state index contributed by atoms with van der Waals surface area (Å²) >= 11 is 0. The zero-order valence-electron chi connectivity index (χ0n) is 15.2. The van der Waals surface area contributed by atoms with Gasteiger partial charge in [0.05, 0.1) is 31.2 Å².